The molecule has 3 aromatic rings. The highest BCUT2D eigenvalue weighted by atomic mass is 16.6. The van der Waals surface area contributed by atoms with Crippen LogP contribution in [0.1, 0.15) is 65.9 Å². The van der Waals surface area contributed by atoms with Crippen LogP contribution in [0.4, 0.5) is 17.1 Å². The number of nitrogens with zero attached hydrogens (tertiary/aromatic N) is 3. The molecule has 1 aliphatic heterocycles. The van der Waals surface area contributed by atoms with Gasteiger partial charge in [0.25, 0.3) is 0 Å². The maximum absolute atomic E-state index is 13.5. The summed E-state index contributed by atoms with van der Waals surface area (Å²) < 4.78 is 6.51. The van der Waals surface area contributed by atoms with E-state index in [1.165, 1.54) is 11.4 Å². The summed E-state index contributed by atoms with van der Waals surface area (Å²) >= 11 is 0. The molecule has 3 aromatic carbocycles. The van der Waals surface area contributed by atoms with Crippen LogP contribution in [0.25, 0.3) is 0 Å². The van der Waals surface area contributed by atoms with Crippen LogP contribution in [-0.4, -0.2) is 46.2 Å². The van der Waals surface area contributed by atoms with Gasteiger partial charge in [0.15, 0.2) is 5.60 Å². The molecule has 0 N–H and O–H groups in total. The lowest BCUT2D eigenvalue weighted by Gasteiger charge is -2.34. The van der Waals surface area contributed by atoms with Crippen molar-refractivity contribution in [1.82, 2.24) is 0 Å². The molecule has 0 aliphatic carbocycles. The fraction of sp³-hybridized carbons (Fsp3) is 0.406. The molecule has 1 aliphatic rings. The summed E-state index contributed by atoms with van der Waals surface area (Å²) in [5.41, 5.74) is 8.10. The fourth-order valence-electron chi connectivity index (χ4n) is 5.74. The minimum atomic E-state index is -1.00. The van der Waals surface area contributed by atoms with Crippen molar-refractivity contribution in [3.8, 4) is 0 Å². The predicted molar refractivity (Wildman–Crippen MR) is 156 cm³/mol. The Morgan fingerprint density at radius 1 is 0.649 bits per heavy atom. The van der Waals surface area contributed by atoms with Crippen molar-refractivity contribution in [3.05, 3.63) is 88.0 Å². The van der Waals surface area contributed by atoms with E-state index in [-0.39, 0.29) is 5.97 Å². The number of rotatable bonds is 9. The first-order valence-corrected chi connectivity index (χ1v) is 13.5. The van der Waals surface area contributed by atoms with Crippen molar-refractivity contribution in [2.45, 2.75) is 47.1 Å². The van der Waals surface area contributed by atoms with Gasteiger partial charge in [-0.3, -0.25) is 0 Å². The normalized spacial score (nSPS) is 13.8. The minimum absolute atomic E-state index is 0.280. The molecule has 5 nitrogen and oxygen atoms in total. The molecule has 0 amide bonds. The number of carbonyl (C=O) groups excluding carboxylic acids is 1. The largest absolute Gasteiger partial charge is 0.441 e. The molecule has 0 saturated heterocycles. The molecule has 0 unspecified atom stereocenters. The highest BCUT2D eigenvalue weighted by molar-refractivity contribution is 5.97. The average molecular weight is 500 g/mol. The van der Waals surface area contributed by atoms with Crippen LogP contribution in [0.15, 0.2) is 54.6 Å². The van der Waals surface area contributed by atoms with E-state index in [0.717, 1.165) is 59.7 Å². The summed E-state index contributed by atoms with van der Waals surface area (Å²) in [7, 11) is 3.98. The van der Waals surface area contributed by atoms with Gasteiger partial charge in [0.1, 0.15) is 0 Å². The van der Waals surface area contributed by atoms with E-state index in [1.807, 2.05) is 25.1 Å². The average Bonchev–Trinajstić information content (AvgIpc) is 3.18. The fourth-order valence-corrected chi connectivity index (χ4v) is 5.74. The van der Waals surface area contributed by atoms with E-state index < -0.39 is 5.60 Å². The van der Waals surface area contributed by atoms with Gasteiger partial charge in [-0.25, -0.2) is 4.79 Å². The number of hydrogen-bond acceptors (Lipinski definition) is 5. The smallest absolute Gasteiger partial charge is 0.340 e. The molecule has 0 radical (unpaired) electrons. The number of cyclic esters (lactones) is 1. The lowest BCUT2D eigenvalue weighted by atomic mass is 9.76. The third-order valence-electron chi connectivity index (χ3n) is 7.80. The van der Waals surface area contributed by atoms with Gasteiger partial charge in [-0.15, -0.1) is 0 Å². The van der Waals surface area contributed by atoms with Gasteiger partial charge in [0.2, 0.25) is 0 Å². The number of esters is 1. The molecule has 37 heavy (non-hydrogen) atoms. The number of ether oxygens (including phenoxy) is 1. The number of hydrogen-bond donors (Lipinski definition) is 0. The maximum Gasteiger partial charge on any atom is 0.340 e. The molecule has 0 atom stereocenters. The van der Waals surface area contributed by atoms with Crippen molar-refractivity contribution in [2.24, 2.45) is 0 Å². The third-order valence-corrected chi connectivity index (χ3v) is 7.80. The van der Waals surface area contributed by atoms with Gasteiger partial charge in [0.05, 0.1) is 5.56 Å². The van der Waals surface area contributed by atoms with Crippen molar-refractivity contribution < 1.29 is 9.53 Å². The lowest BCUT2D eigenvalue weighted by molar-refractivity contribution is 0.0248. The number of carbonyl (C=O) groups is 1. The van der Waals surface area contributed by atoms with Gasteiger partial charge in [-0.2, -0.15) is 0 Å². The van der Waals surface area contributed by atoms with Crippen LogP contribution >= 0.6 is 0 Å². The zero-order chi connectivity index (χ0) is 26.9. The predicted octanol–water partition coefficient (Wildman–Crippen LogP) is 6.52. The Morgan fingerprint density at radius 3 is 1.49 bits per heavy atom. The Hall–Kier alpha value is -3.47. The quantitative estimate of drug-likeness (QED) is 0.313. The van der Waals surface area contributed by atoms with Gasteiger partial charge in [-0.1, -0.05) is 18.2 Å². The molecule has 1 heterocycles. The van der Waals surface area contributed by atoms with E-state index >= 15 is 0 Å². The van der Waals surface area contributed by atoms with E-state index in [4.69, 9.17) is 4.74 Å². The van der Waals surface area contributed by atoms with Crippen LogP contribution in [0.2, 0.25) is 0 Å². The van der Waals surface area contributed by atoms with Gasteiger partial charge in [0, 0.05) is 74.0 Å². The summed E-state index contributed by atoms with van der Waals surface area (Å²) in [6.07, 6.45) is 0. The van der Waals surface area contributed by atoms with Crippen LogP contribution in [0.5, 0.6) is 0 Å². The van der Waals surface area contributed by atoms with Gasteiger partial charge in [-0.05, 0) is 89.1 Å². The Balaban J connectivity index is 1.99. The molecule has 0 aromatic heterocycles. The number of fused-ring (bicyclic) bond motifs is 1. The van der Waals surface area contributed by atoms with Crippen LogP contribution in [0, 0.1) is 13.8 Å². The molecule has 0 spiro atoms. The van der Waals surface area contributed by atoms with E-state index in [2.05, 4.69) is 99.9 Å². The molecular weight excluding hydrogens is 458 g/mol. The van der Waals surface area contributed by atoms with Gasteiger partial charge < -0.3 is 19.4 Å². The summed E-state index contributed by atoms with van der Waals surface area (Å²) in [6, 6.07) is 19.2. The van der Waals surface area contributed by atoms with E-state index in [1.54, 1.807) is 0 Å². The molecule has 0 bridgehead atoms. The maximum atomic E-state index is 13.5. The second-order valence-corrected chi connectivity index (χ2v) is 10.0. The number of benzene rings is 3. The first-order chi connectivity index (χ1) is 17.7. The Bertz CT molecular complexity index is 1230. The number of anilines is 3. The van der Waals surface area contributed by atoms with Crippen molar-refractivity contribution >= 4 is 23.0 Å². The Morgan fingerprint density at radius 2 is 1.08 bits per heavy atom. The molecule has 0 fully saturated rings. The third kappa shape index (κ3) is 4.45. The first-order valence-electron chi connectivity index (χ1n) is 13.5. The highest BCUT2D eigenvalue weighted by Crippen LogP contribution is 2.50. The second-order valence-electron chi connectivity index (χ2n) is 10.0. The van der Waals surface area contributed by atoms with Crippen molar-refractivity contribution in [3.63, 3.8) is 0 Å². The monoisotopic (exact) mass is 499 g/mol. The van der Waals surface area contributed by atoms with Crippen LogP contribution in [-0.2, 0) is 10.3 Å². The summed E-state index contributed by atoms with van der Waals surface area (Å²) in [5, 5.41) is 0. The summed E-state index contributed by atoms with van der Waals surface area (Å²) in [5.74, 6) is -0.280. The lowest BCUT2D eigenvalue weighted by Crippen LogP contribution is -2.32. The van der Waals surface area contributed by atoms with Crippen molar-refractivity contribution in [2.75, 3.05) is 55.0 Å². The van der Waals surface area contributed by atoms with E-state index in [9.17, 15) is 4.79 Å². The first kappa shape index (κ1) is 26.6. The summed E-state index contributed by atoms with van der Waals surface area (Å²) in [6.45, 7) is 16.7. The SMILES string of the molecule is CCN(CC)c1ccc(C2(c3ccc(N(CC)CC)cc3C)OC(=O)c3cc(N(C)C)ccc32)c(C)c1. The summed E-state index contributed by atoms with van der Waals surface area (Å²) in [4.78, 5) is 20.2. The zero-order valence-electron chi connectivity index (χ0n) is 23.7. The molecule has 0 saturated carbocycles. The molecule has 196 valence electrons. The van der Waals surface area contributed by atoms with Crippen LogP contribution < -0.4 is 14.7 Å². The second kappa shape index (κ2) is 10.5. The standard InChI is InChI=1S/C32H41N3O2/c1-9-34(10-2)25-14-16-28(22(5)19-25)32(29-17-15-26(20-23(29)6)35(11-3)12-4)30-18-13-24(33(7)8)21-27(30)31(36)37-32/h13-21H,9-12H2,1-8H3. The molecular formula is C32H41N3O2. The van der Waals surface area contributed by atoms with Gasteiger partial charge >= 0.3 is 5.97 Å². The van der Waals surface area contributed by atoms with Crippen LogP contribution in [0.3, 0.4) is 0 Å². The number of aryl methyl sites for hydroxylation is 2. The molecule has 4 rings (SSSR count). The topological polar surface area (TPSA) is 36.0 Å². The highest BCUT2D eigenvalue weighted by Gasteiger charge is 2.50. The Kier molecular flexibility index (Phi) is 7.54. The molecule has 5 heteroatoms. The minimum Gasteiger partial charge on any atom is -0.441 e. The Labute approximate surface area is 222 Å². The van der Waals surface area contributed by atoms with Crippen molar-refractivity contribution in [1.29, 1.82) is 0 Å². The zero-order valence-corrected chi connectivity index (χ0v) is 23.7. The van der Waals surface area contributed by atoms with E-state index in [0.29, 0.717) is 5.56 Å².